The zero-order valence-electron chi connectivity index (χ0n) is 12.4. The van der Waals surface area contributed by atoms with Gasteiger partial charge in [0.2, 0.25) is 11.7 Å². The molecule has 0 bridgehead atoms. The van der Waals surface area contributed by atoms with Crippen LogP contribution in [0.15, 0.2) is 28.8 Å². The Labute approximate surface area is 137 Å². The Morgan fingerprint density at radius 1 is 1.52 bits per heavy atom. The van der Waals surface area contributed by atoms with Crippen molar-refractivity contribution in [1.29, 1.82) is 0 Å². The maximum atomic E-state index is 10.9. The molecule has 9 nitrogen and oxygen atoms in total. The van der Waals surface area contributed by atoms with Crippen LogP contribution in [0.5, 0.6) is 0 Å². The Bertz CT molecular complexity index is 705. The molecule has 0 aliphatic rings. The van der Waals surface area contributed by atoms with Crippen molar-refractivity contribution in [2.75, 3.05) is 7.05 Å². The van der Waals surface area contributed by atoms with Crippen molar-refractivity contribution in [3.63, 3.8) is 0 Å². The zero-order valence-corrected chi connectivity index (χ0v) is 13.2. The largest absolute Gasteiger partial charge is 0.480 e. The van der Waals surface area contributed by atoms with Gasteiger partial charge in [0.1, 0.15) is 6.04 Å². The number of benzene rings is 1. The van der Waals surface area contributed by atoms with E-state index in [-0.39, 0.29) is 36.4 Å². The van der Waals surface area contributed by atoms with E-state index in [1.807, 2.05) is 0 Å². The van der Waals surface area contributed by atoms with Gasteiger partial charge in [0, 0.05) is 17.7 Å². The lowest BCUT2D eigenvalue weighted by molar-refractivity contribution is -0.384. The fourth-order valence-electron chi connectivity index (χ4n) is 1.73. The number of hydrogen-bond donors (Lipinski definition) is 1. The van der Waals surface area contributed by atoms with Gasteiger partial charge in [-0.1, -0.05) is 17.3 Å². The number of aromatic nitrogens is 2. The van der Waals surface area contributed by atoms with Crippen LogP contribution in [0.4, 0.5) is 5.69 Å². The van der Waals surface area contributed by atoms with E-state index in [2.05, 4.69) is 10.1 Å². The number of carboxylic acids is 1. The van der Waals surface area contributed by atoms with Crippen molar-refractivity contribution in [2.24, 2.45) is 0 Å². The normalized spacial score (nSPS) is 11.8. The fourth-order valence-corrected chi connectivity index (χ4v) is 1.73. The Kier molecular flexibility index (Phi) is 6.17. The molecule has 1 N–H and O–H groups in total. The molecule has 1 atom stereocenters. The molecule has 0 saturated carbocycles. The smallest absolute Gasteiger partial charge is 0.320 e. The van der Waals surface area contributed by atoms with E-state index in [0.29, 0.717) is 5.56 Å². The van der Waals surface area contributed by atoms with Crippen molar-refractivity contribution in [3.8, 4) is 11.4 Å². The summed E-state index contributed by atoms with van der Waals surface area (Å²) in [4.78, 5) is 26.8. The number of halogens is 1. The van der Waals surface area contributed by atoms with Crippen molar-refractivity contribution in [2.45, 2.75) is 19.5 Å². The maximum Gasteiger partial charge on any atom is 0.320 e. The maximum absolute atomic E-state index is 10.9. The van der Waals surface area contributed by atoms with Gasteiger partial charge in [-0.25, -0.2) is 0 Å². The third-order valence-corrected chi connectivity index (χ3v) is 3.19. The highest BCUT2D eigenvalue weighted by atomic mass is 35.5. The Morgan fingerprint density at radius 3 is 2.83 bits per heavy atom. The van der Waals surface area contributed by atoms with E-state index in [9.17, 15) is 14.9 Å². The summed E-state index contributed by atoms with van der Waals surface area (Å²) in [6.07, 6.45) is 0. The highest BCUT2D eigenvalue weighted by Crippen LogP contribution is 2.21. The van der Waals surface area contributed by atoms with Gasteiger partial charge >= 0.3 is 5.97 Å². The molecule has 0 aliphatic carbocycles. The SMILES string of the molecule is CC(C(=O)O)N(C)Cc1nc(-c2cccc([N+](=O)[O-])c2)no1.Cl. The van der Waals surface area contributed by atoms with Crippen LogP contribution in [-0.2, 0) is 11.3 Å². The van der Waals surface area contributed by atoms with Gasteiger partial charge in [-0.15, -0.1) is 12.4 Å². The highest BCUT2D eigenvalue weighted by molar-refractivity contribution is 5.85. The molecule has 124 valence electrons. The summed E-state index contributed by atoms with van der Waals surface area (Å²) < 4.78 is 5.05. The van der Waals surface area contributed by atoms with Crippen LogP contribution < -0.4 is 0 Å². The van der Waals surface area contributed by atoms with E-state index in [4.69, 9.17) is 9.63 Å². The molecule has 1 unspecified atom stereocenters. The fraction of sp³-hybridized carbons (Fsp3) is 0.308. The zero-order chi connectivity index (χ0) is 16.3. The third kappa shape index (κ3) is 4.47. The van der Waals surface area contributed by atoms with Gasteiger partial charge in [0.15, 0.2) is 0 Å². The molecule has 0 radical (unpaired) electrons. The number of non-ortho nitro benzene ring substituents is 1. The average Bonchev–Trinajstić information content (AvgIpc) is 2.94. The first-order valence-corrected chi connectivity index (χ1v) is 6.39. The number of nitro groups is 1. The summed E-state index contributed by atoms with van der Waals surface area (Å²) >= 11 is 0. The highest BCUT2D eigenvalue weighted by Gasteiger charge is 2.20. The second kappa shape index (κ2) is 7.65. The van der Waals surface area contributed by atoms with Crippen LogP contribution in [-0.4, -0.2) is 44.1 Å². The van der Waals surface area contributed by atoms with Crippen LogP contribution in [0.1, 0.15) is 12.8 Å². The lowest BCUT2D eigenvalue weighted by Crippen LogP contribution is -2.35. The minimum atomic E-state index is -0.957. The van der Waals surface area contributed by atoms with Crippen LogP contribution in [0.3, 0.4) is 0 Å². The van der Waals surface area contributed by atoms with Crippen LogP contribution in [0, 0.1) is 10.1 Å². The van der Waals surface area contributed by atoms with Gasteiger partial charge in [0.25, 0.3) is 5.69 Å². The first-order valence-electron chi connectivity index (χ1n) is 6.39. The van der Waals surface area contributed by atoms with Gasteiger partial charge in [-0.2, -0.15) is 4.98 Å². The number of carboxylic acid groups (broad SMARTS) is 1. The molecule has 1 aromatic heterocycles. The molecule has 0 fully saturated rings. The van der Waals surface area contributed by atoms with Crippen molar-refractivity contribution < 1.29 is 19.3 Å². The summed E-state index contributed by atoms with van der Waals surface area (Å²) in [5, 5.41) is 23.4. The molecule has 10 heteroatoms. The molecule has 2 aromatic rings. The lowest BCUT2D eigenvalue weighted by Gasteiger charge is -2.18. The molecule has 2 rings (SSSR count). The van der Waals surface area contributed by atoms with Crippen LogP contribution >= 0.6 is 12.4 Å². The van der Waals surface area contributed by atoms with Crippen molar-refractivity contribution in [3.05, 3.63) is 40.3 Å². The van der Waals surface area contributed by atoms with Crippen molar-refractivity contribution >= 4 is 24.1 Å². The number of nitro benzene ring substituents is 1. The first-order chi connectivity index (χ1) is 10.4. The number of aliphatic carboxylic acids is 1. The topological polar surface area (TPSA) is 123 Å². The van der Waals surface area contributed by atoms with Gasteiger partial charge in [-0.05, 0) is 14.0 Å². The van der Waals surface area contributed by atoms with E-state index >= 15 is 0 Å². The lowest BCUT2D eigenvalue weighted by atomic mass is 10.2. The Hall–Kier alpha value is -2.52. The minimum Gasteiger partial charge on any atom is -0.480 e. The summed E-state index contributed by atoms with van der Waals surface area (Å²) in [5.41, 5.74) is 0.388. The molecule has 0 amide bonds. The number of carbonyl (C=O) groups is 1. The predicted molar refractivity (Wildman–Crippen MR) is 82.2 cm³/mol. The number of rotatable bonds is 6. The molecule has 0 spiro atoms. The summed E-state index contributed by atoms with van der Waals surface area (Å²) in [7, 11) is 1.62. The molecule has 23 heavy (non-hydrogen) atoms. The van der Waals surface area contributed by atoms with Crippen LogP contribution in [0.2, 0.25) is 0 Å². The molecular formula is C13H15ClN4O5. The molecule has 0 saturated heterocycles. The van der Waals surface area contributed by atoms with E-state index < -0.39 is 16.9 Å². The van der Waals surface area contributed by atoms with E-state index in [1.54, 1.807) is 20.0 Å². The predicted octanol–water partition coefficient (Wildman–Crippen LogP) is 1.97. The van der Waals surface area contributed by atoms with Crippen molar-refractivity contribution in [1.82, 2.24) is 15.0 Å². The first kappa shape index (κ1) is 18.5. The van der Waals surface area contributed by atoms with Gasteiger partial charge in [-0.3, -0.25) is 19.8 Å². The number of likely N-dealkylation sites (N-methyl/N-ethyl adjacent to an activating group) is 1. The van der Waals surface area contributed by atoms with Gasteiger partial charge in [0.05, 0.1) is 11.5 Å². The second-order valence-corrected chi connectivity index (χ2v) is 4.75. The number of hydrogen-bond acceptors (Lipinski definition) is 7. The monoisotopic (exact) mass is 342 g/mol. The quantitative estimate of drug-likeness (QED) is 0.624. The standard InChI is InChI=1S/C13H14N4O5.ClH/c1-8(13(18)19)16(2)7-11-14-12(15-22-11)9-4-3-5-10(6-9)17(20)21;/h3-6,8H,7H2,1-2H3,(H,18,19);1H. The summed E-state index contributed by atoms with van der Waals surface area (Å²) in [6, 6.07) is 5.17. The summed E-state index contributed by atoms with van der Waals surface area (Å²) in [5.74, 6) is -0.506. The Morgan fingerprint density at radius 2 is 2.22 bits per heavy atom. The Balaban J connectivity index is 0.00000264. The molecule has 1 heterocycles. The van der Waals surface area contributed by atoms with E-state index in [1.165, 1.54) is 23.1 Å². The average molecular weight is 343 g/mol. The second-order valence-electron chi connectivity index (χ2n) is 4.75. The molecular weight excluding hydrogens is 328 g/mol. The molecule has 0 aliphatic heterocycles. The molecule has 1 aromatic carbocycles. The van der Waals surface area contributed by atoms with E-state index in [0.717, 1.165) is 0 Å². The van der Waals surface area contributed by atoms with Gasteiger partial charge < -0.3 is 9.63 Å². The third-order valence-electron chi connectivity index (χ3n) is 3.19. The minimum absolute atomic E-state index is 0. The van der Waals surface area contributed by atoms with Crippen LogP contribution in [0.25, 0.3) is 11.4 Å². The summed E-state index contributed by atoms with van der Waals surface area (Å²) in [6.45, 7) is 1.70. The number of nitrogens with zero attached hydrogens (tertiary/aromatic N) is 4.